The Hall–Kier alpha value is -1.07. The van der Waals surface area contributed by atoms with Crippen molar-refractivity contribution in [2.24, 2.45) is 0 Å². The summed E-state index contributed by atoms with van der Waals surface area (Å²) in [5, 5.41) is 12.5. The molecule has 0 aliphatic rings. The molecule has 104 valence electrons. The van der Waals surface area contributed by atoms with E-state index in [2.05, 4.69) is 11.9 Å². The molecule has 6 heteroatoms. The van der Waals surface area contributed by atoms with Gasteiger partial charge in [-0.15, -0.1) is 6.58 Å². The predicted molar refractivity (Wildman–Crippen MR) is 78.8 cm³/mol. The molecular weight excluding hydrogens is 287 g/mol. The van der Waals surface area contributed by atoms with Crippen LogP contribution in [0.1, 0.15) is 0 Å². The Labute approximate surface area is 122 Å². The van der Waals surface area contributed by atoms with Crippen molar-refractivity contribution in [1.29, 1.82) is 0 Å². The minimum absolute atomic E-state index is 0.0111. The largest absolute Gasteiger partial charge is 0.395 e. The third kappa shape index (κ3) is 5.61. The van der Waals surface area contributed by atoms with Crippen LogP contribution in [0.15, 0.2) is 30.9 Å². The monoisotopic (exact) mass is 302 g/mol. The highest BCUT2D eigenvalue weighted by Gasteiger charge is 2.10. The Morgan fingerprint density at radius 3 is 2.79 bits per heavy atom. The van der Waals surface area contributed by atoms with Crippen molar-refractivity contribution in [3.8, 4) is 0 Å². The van der Waals surface area contributed by atoms with Crippen molar-refractivity contribution in [2.45, 2.75) is 0 Å². The molecule has 0 aliphatic carbocycles. The molecule has 19 heavy (non-hydrogen) atoms. The summed E-state index contributed by atoms with van der Waals surface area (Å²) in [6, 6.07) is 4.86. The Bertz CT molecular complexity index is 452. The summed E-state index contributed by atoms with van der Waals surface area (Å²) in [7, 11) is 0. The number of anilines is 1. The first-order valence-corrected chi connectivity index (χ1v) is 6.51. The van der Waals surface area contributed by atoms with Gasteiger partial charge in [0.1, 0.15) is 0 Å². The van der Waals surface area contributed by atoms with E-state index in [0.717, 1.165) is 0 Å². The summed E-state index contributed by atoms with van der Waals surface area (Å²) in [5.41, 5.74) is 0.513. The van der Waals surface area contributed by atoms with Gasteiger partial charge in [0, 0.05) is 18.1 Å². The van der Waals surface area contributed by atoms with E-state index < -0.39 is 0 Å². The van der Waals surface area contributed by atoms with Gasteiger partial charge in [-0.2, -0.15) is 0 Å². The lowest BCUT2D eigenvalue weighted by Gasteiger charge is -2.18. The van der Waals surface area contributed by atoms with E-state index in [9.17, 15) is 4.79 Å². The number of nitrogens with zero attached hydrogens (tertiary/aromatic N) is 1. The highest BCUT2D eigenvalue weighted by Crippen LogP contribution is 2.25. The predicted octanol–water partition coefficient (Wildman–Crippen LogP) is 2.41. The fraction of sp³-hybridized carbons (Fsp3) is 0.308. The normalized spacial score (nSPS) is 10.5. The molecule has 0 bridgehead atoms. The van der Waals surface area contributed by atoms with Crippen molar-refractivity contribution in [2.75, 3.05) is 31.6 Å². The lowest BCUT2D eigenvalue weighted by Crippen LogP contribution is -2.35. The zero-order chi connectivity index (χ0) is 14.3. The molecule has 1 rings (SSSR count). The molecule has 1 aromatic rings. The maximum absolute atomic E-state index is 11.8. The van der Waals surface area contributed by atoms with Crippen molar-refractivity contribution < 1.29 is 9.90 Å². The summed E-state index contributed by atoms with van der Waals surface area (Å²) >= 11 is 11.7. The standard InChI is InChI=1S/C13H16Cl2N2O2/c1-2-5-17(6-7-18)9-13(19)16-12-4-3-10(14)8-11(12)15/h2-4,8,18H,1,5-7,9H2,(H,16,19). The second kappa shape index (κ2) is 8.17. The van der Waals surface area contributed by atoms with Crippen molar-refractivity contribution in [3.63, 3.8) is 0 Å². The van der Waals surface area contributed by atoms with E-state index in [-0.39, 0.29) is 19.1 Å². The molecule has 0 atom stereocenters. The number of amides is 1. The fourth-order valence-electron chi connectivity index (χ4n) is 1.54. The summed E-state index contributed by atoms with van der Waals surface area (Å²) in [5.74, 6) is -0.209. The molecular formula is C13H16Cl2N2O2. The number of benzene rings is 1. The zero-order valence-electron chi connectivity index (χ0n) is 10.4. The van der Waals surface area contributed by atoms with Gasteiger partial charge in [0.25, 0.3) is 0 Å². The topological polar surface area (TPSA) is 52.6 Å². The minimum atomic E-state index is -0.209. The Balaban J connectivity index is 2.60. The Kier molecular flexibility index (Phi) is 6.87. The van der Waals surface area contributed by atoms with Crippen LogP contribution in [0.2, 0.25) is 10.0 Å². The number of nitrogens with one attached hydrogen (secondary N) is 1. The maximum Gasteiger partial charge on any atom is 0.238 e. The molecule has 0 radical (unpaired) electrons. The SMILES string of the molecule is C=CCN(CCO)CC(=O)Nc1ccc(Cl)cc1Cl. The van der Waals surface area contributed by atoms with Crippen LogP contribution in [0.4, 0.5) is 5.69 Å². The van der Waals surface area contributed by atoms with Crippen molar-refractivity contribution >= 4 is 34.8 Å². The maximum atomic E-state index is 11.8. The average molecular weight is 303 g/mol. The molecule has 4 nitrogen and oxygen atoms in total. The fourth-order valence-corrected chi connectivity index (χ4v) is 2.00. The van der Waals surface area contributed by atoms with Gasteiger partial charge in [0.2, 0.25) is 5.91 Å². The van der Waals surface area contributed by atoms with Crippen LogP contribution in [-0.4, -0.2) is 42.2 Å². The summed E-state index contributed by atoms with van der Waals surface area (Å²) in [6.07, 6.45) is 1.68. The quantitative estimate of drug-likeness (QED) is 0.761. The first-order valence-electron chi connectivity index (χ1n) is 5.76. The molecule has 1 amide bonds. The first-order chi connectivity index (χ1) is 9.06. The number of rotatable bonds is 7. The van der Waals surface area contributed by atoms with Crippen LogP contribution in [0, 0.1) is 0 Å². The molecule has 0 aromatic heterocycles. The third-order valence-corrected chi connectivity index (χ3v) is 2.92. The number of carbonyl (C=O) groups is 1. The molecule has 0 spiro atoms. The molecule has 0 aliphatic heterocycles. The van der Waals surface area contributed by atoms with E-state index in [1.807, 2.05) is 0 Å². The van der Waals surface area contributed by atoms with Gasteiger partial charge >= 0.3 is 0 Å². The van der Waals surface area contributed by atoms with Crippen molar-refractivity contribution in [1.82, 2.24) is 4.90 Å². The number of hydrogen-bond donors (Lipinski definition) is 2. The lowest BCUT2D eigenvalue weighted by atomic mass is 10.3. The number of aliphatic hydroxyl groups excluding tert-OH is 1. The van der Waals surface area contributed by atoms with E-state index >= 15 is 0 Å². The highest BCUT2D eigenvalue weighted by molar-refractivity contribution is 6.36. The summed E-state index contributed by atoms with van der Waals surface area (Å²) < 4.78 is 0. The van der Waals surface area contributed by atoms with Crippen LogP contribution < -0.4 is 5.32 Å². The van der Waals surface area contributed by atoms with Gasteiger partial charge in [-0.1, -0.05) is 29.3 Å². The van der Waals surface area contributed by atoms with E-state index in [0.29, 0.717) is 28.8 Å². The Morgan fingerprint density at radius 1 is 1.47 bits per heavy atom. The first kappa shape index (κ1) is 16.0. The molecule has 0 saturated carbocycles. The minimum Gasteiger partial charge on any atom is -0.395 e. The number of hydrogen-bond acceptors (Lipinski definition) is 3. The van der Waals surface area contributed by atoms with Crippen LogP contribution >= 0.6 is 23.2 Å². The van der Waals surface area contributed by atoms with E-state index in [1.165, 1.54) is 0 Å². The molecule has 0 saturated heterocycles. The van der Waals surface area contributed by atoms with Gasteiger partial charge < -0.3 is 10.4 Å². The van der Waals surface area contributed by atoms with E-state index in [1.54, 1.807) is 29.2 Å². The van der Waals surface area contributed by atoms with Gasteiger partial charge in [-0.3, -0.25) is 9.69 Å². The van der Waals surface area contributed by atoms with Gasteiger partial charge in [0.05, 0.1) is 23.9 Å². The van der Waals surface area contributed by atoms with Gasteiger partial charge in [0.15, 0.2) is 0 Å². The molecule has 0 heterocycles. The molecule has 2 N–H and O–H groups in total. The lowest BCUT2D eigenvalue weighted by molar-refractivity contribution is -0.117. The van der Waals surface area contributed by atoms with Crippen LogP contribution in [-0.2, 0) is 4.79 Å². The second-order valence-electron chi connectivity index (χ2n) is 3.92. The van der Waals surface area contributed by atoms with Crippen LogP contribution in [0.25, 0.3) is 0 Å². The third-order valence-electron chi connectivity index (χ3n) is 2.38. The summed E-state index contributed by atoms with van der Waals surface area (Å²) in [4.78, 5) is 13.6. The van der Waals surface area contributed by atoms with E-state index in [4.69, 9.17) is 28.3 Å². The number of aliphatic hydroxyl groups is 1. The summed E-state index contributed by atoms with van der Waals surface area (Å²) in [6.45, 7) is 4.69. The van der Waals surface area contributed by atoms with Crippen molar-refractivity contribution in [3.05, 3.63) is 40.9 Å². The molecule has 0 unspecified atom stereocenters. The number of carbonyl (C=O) groups excluding carboxylic acids is 1. The van der Waals surface area contributed by atoms with Gasteiger partial charge in [-0.25, -0.2) is 0 Å². The number of halogens is 2. The zero-order valence-corrected chi connectivity index (χ0v) is 11.9. The smallest absolute Gasteiger partial charge is 0.238 e. The van der Waals surface area contributed by atoms with Crippen LogP contribution in [0.3, 0.4) is 0 Å². The molecule has 1 aromatic carbocycles. The van der Waals surface area contributed by atoms with Crippen LogP contribution in [0.5, 0.6) is 0 Å². The van der Waals surface area contributed by atoms with Gasteiger partial charge in [-0.05, 0) is 18.2 Å². The Morgan fingerprint density at radius 2 is 2.21 bits per heavy atom. The average Bonchev–Trinajstić information content (AvgIpc) is 2.33. The second-order valence-corrected chi connectivity index (χ2v) is 4.76. The molecule has 0 fully saturated rings. The highest BCUT2D eigenvalue weighted by atomic mass is 35.5.